The number of aryl methyl sites for hydroxylation is 1. The zero-order valence-corrected chi connectivity index (χ0v) is 14.2. The number of benzene rings is 1. The van der Waals surface area contributed by atoms with E-state index >= 15 is 0 Å². The van der Waals surface area contributed by atoms with Gasteiger partial charge in [0.2, 0.25) is 0 Å². The highest BCUT2D eigenvalue weighted by Crippen LogP contribution is 2.37. The van der Waals surface area contributed by atoms with Gasteiger partial charge < -0.3 is 10.6 Å². The van der Waals surface area contributed by atoms with E-state index in [2.05, 4.69) is 29.9 Å². The highest BCUT2D eigenvalue weighted by Gasteiger charge is 2.32. The van der Waals surface area contributed by atoms with Gasteiger partial charge in [0, 0.05) is 17.5 Å². The van der Waals surface area contributed by atoms with Gasteiger partial charge in [-0.2, -0.15) is 0 Å². The highest BCUT2D eigenvalue weighted by atomic mass is 32.1. The maximum absolute atomic E-state index is 13.7. The number of amides is 2. The molecule has 2 amide bonds. The van der Waals surface area contributed by atoms with Crippen LogP contribution in [-0.4, -0.2) is 12.1 Å². The molecule has 122 valence electrons. The van der Waals surface area contributed by atoms with Crippen molar-refractivity contribution in [3.8, 4) is 0 Å². The monoisotopic (exact) mass is 332 g/mol. The topological polar surface area (TPSA) is 41.1 Å². The summed E-state index contributed by atoms with van der Waals surface area (Å²) in [7, 11) is 0. The van der Waals surface area contributed by atoms with Gasteiger partial charge in [-0.3, -0.25) is 0 Å². The van der Waals surface area contributed by atoms with E-state index in [1.54, 1.807) is 17.4 Å². The van der Waals surface area contributed by atoms with E-state index in [0.29, 0.717) is 6.54 Å². The summed E-state index contributed by atoms with van der Waals surface area (Å²) in [6.45, 7) is 4.71. The van der Waals surface area contributed by atoms with Crippen molar-refractivity contribution in [2.75, 3.05) is 0 Å². The minimum Gasteiger partial charge on any atom is -0.335 e. The molecule has 1 aliphatic rings. The molecule has 0 spiro atoms. The van der Waals surface area contributed by atoms with Crippen molar-refractivity contribution >= 4 is 17.4 Å². The molecule has 1 saturated carbocycles. The minimum absolute atomic E-state index is 0.130. The summed E-state index contributed by atoms with van der Waals surface area (Å²) >= 11 is 1.70. The van der Waals surface area contributed by atoms with Crippen molar-refractivity contribution in [3.63, 3.8) is 0 Å². The predicted molar refractivity (Wildman–Crippen MR) is 91.3 cm³/mol. The summed E-state index contributed by atoms with van der Waals surface area (Å²) in [4.78, 5) is 13.2. The number of rotatable bonds is 4. The van der Waals surface area contributed by atoms with E-state index in [9.17, 15) is 9.18 Å². The summed E-state index contributed by atoms with van der Waals surface area (Å²) in [5, 5.41) is 7.95. The second kappa shape index (κ2) is 6.71. The summed E-state index contributed by atoms with van der Waals surface area (Å²) in [5.74, 6) is 0.0620. The minimum atomic E-state index is -0.149. The van der Waals surface area contributed by atoms with Crippen LogP contribution in [0.25, 0.3) is 0 Å². The Bertz CT molecular complexity index is 707. The Balaban J connectivity index is 1.44. The Hall–Kier alpha value is -1.88. The number of nitrogens with one attached hydrogen (secondary N) is 2. The Morgan fingerprint density at radius 3 is 2.70 bits per heavy atom. The smallest absolute Gasteiger partial charge is 0.315 e. The van der Waals surface area contributed by atoms with Gasteiger partial charge in [0.25, 0.3) is 0 Å². The molecule has 0 saturated heterocycles. The van der Waals surface area contributed by atoms with E-state index in [-0.39, 0.29) is 23.8 Å². The third-order valence-corrected chi connectivity index (χ3v) is 5.71. The maximum atomic E-state index is 13.7. The van der Waals surface area contributed by atoms with Crippen LogP contribution in [0.4, 0.5) is 9.18 Å². The number of halogens is 1. The molecule has 0 unspecified atom stereocenters. The molecule has 0 atom stereocenters. The molecule has 0 aliphatic heterocycles. The SMILES string of the molecule is Cc1scc(CNC(=O)NC2CC(c3ccccc3F)C2)c1C. The standard InChI is InChI=1S/C18H21FN2OS/c1-11-12(2)23-10-14(11)9-20-18(22)21-15-7-13(8-15)16-5-3-4-6-17(16)19/h3-6,10,13,15H,7-9H2,1-2H3,(H2,20,21,22). The van der Waals surface area contributed by atoms with Crippen molar-refractivity contribution in [3.05, 3.63) is 57.0 Å². The van der Waals surface area contributed by atoms with Crippen LogP contribution in [-0.2, 0) is 6.54 Å². The maximum Gasteiger partial charge on any atom is 0.315 e. The van der Waals surface area contributed by atoms with E-state index in [0.717, 1.165) is 18.4 Å². The fourth-order valence-corrected chi connectivity index (χ4v) is 3.83. The quantitative estimate of drug-likeness (QED) is 0.863. The van der Waals surface area contributed by atoms with Gasteiger partial charge in [-0.25, -0.2) is 9.18 Å². The van der Waals surface area contributed by atoms with Crippen LogP contribution in [0.2, 0.25) is 0 Å². The van der Waals surface area contributed by atoms with Gasteiger partial charge in [0.05, 0.1) is 0 Å². The predicted octanol–water partition coefficient (Wildman–Crippen LogP) is 4.25. The van der Waals surface area contributed by atoms with Crippen LogP contribution in [0.3, 0.4) is 0 Å². The Labute approximate surface area is 139 Å². The normalized spacial score (nSPS) is 20.0. The molecule has 1 fully saturated rings. The molecule has 2 N–H and O–H groups in total. The van der Waals surface area contributed by atoms with Crippen LogP contribution in [0.15, 0.2) is 29.6 Å². The molecule has 3 nitrogen and oxygen atoms in total. The van der Waals surface area contributed by atoms with Crippen molar-refractivity contribution in [1.82, 2.24) is 10.6 Å². The molecule has 3 rings (SSSR count). The van der Waals surface area contributed by atoms with Crippen LogP contribution in [0.1, 0.15) is 40.3 Å². The second-order valence-electron chi connectivity index (χ2n) is 6.16. The lowest BCUT2D eigenvalue weighted by Crippen LogP contribution is -2.47. The van der Waals surface area contributed by atoms with Crippen LogP contribution in [0.5, 0.6) is 0 Å². The van der Waals surface area contributed by atoms with Crippen molar-refractivity contribution in [2.24, 2.45) is 0 Å². The van der Waals surface area contributed by atoms with Gasteiger partial charge in [0.15, 0.2) is 0 Å². The molecule has 1 aromatic carbocycles. The van der Waals surface area contributed by atoms with Gasteiger partial charge in [0.1, 0.15) is 5.82 Å². The van der Waals surface area contributed by atoms with Gasteiger partial charge in [-0.1, -0.05) is 18.2 Å². The van der Waals surface area contributed by atoms with Crippen LogP contribution >= 0.6 is 11.3 Å². The number of thiophene rings is 1. The molecule has 23 heavy (non-hydrogen) atoms. The summed E-state index contributed by atoms with van der Waals surface area (Å²) in [6, 6.07) is 6.87. The molecule has 0 bridgehead atoms. The van der Waals surface area contributed by atoms with Gasteiger partial charge in [-0.05, 0) is 60.7 Å². The van der Waals surface area contributed by atoms with Gasteiger partial charge >= 0.3 is 6.03 Å². The fraction of sp³-hybridized carbons (Fsp3) is 0.389. The third kappa shape index (κ3) is 3.55. The molecule has 2 aromatic rings. The summed E-state index contributed by atoms with van der Waals surface area (Å²) < 4.78 is 13.7. The molecular weight excluding hydrogens is 311 g/mol. The van der Waals surface area contributed by atoms with E-state index < -0.39 is 0 Å². The molecule has 5 heteroatoms. The first kappa shape index (κ1) is 16.0. The molecule has 1 aliphatic carbocycles. The van der Waals surface area contributed by atoms with Crippen LogP contribution < -0.4 is 10.6 Å². The number of carbonyl (C=O) groups is 1. The first-order valence-corrected chi connectivity index (χ1v) is 8.75. The lowest BCUT2D eigenvalue weighted by Gasteiger charge is -2.36. The van der Waals surface area contributed by atoms with E-state index in [4.69, 9.17) is 0 Å². The summed E-state index contributed by atoms with van der Waals surface area (Å²) in [5.41, 5.74) is 3.18. The third-order valence-electron chi connectivity index (χ3n) is 4.65. The fourth-order valence-electron chi connectivity index (χ4n) is 2.94. The lowest BCUT2D eigenvalue weighted by atomic mass is 9.76. The molecule has 0 radical (unpaired) electrons. The van der Waals surface area contributed by atoms with Crippen LogP contribution in [0, 0.1) is 19.7 Å². The number of hydrogen-bond donors (Lipinski definition) is 2. The largest absolute Gasteiger partial charge is 0.335 e. The summed E-state index contributed by atoms with van der Waals surface area (Å²) in [6.07, 6.45) is 1.59. The van der Waals surface area contributed by atoms with Gasteiger partial charge in [-0.15, -0.1) is 11.3 Å². The first-order chi connectivity index (χ1) is 11.0. The van der Waals surface area contributed by atoms with Crippen molar-refractivity contribution in [2.45, 2.75) is 45.2 Å². The first-order valence-electron chi connectivity index (χ1n) is 7.87. The second-order valence-corrected chi connectivity index (χ2v) is 7.24. The van der Waals surface area contributed by atoms with E-state index in [1.807, 2.05) is 12.1 Å². The van der Waals surface area contributed by atoms with Crippen molar-refractivity contribution in [1.29, 1.82) is 0 Å². The lowest BCUT2D eigenvalue weighted by molar-refractivity contribution is 0.221. The number of carbonyl (C=O) groups excluding carboxylic acids is 1. The average Bonchev–Trinajstić information content (AvgIpc) is 2.81. The Kier molecular flexibility index (Phi) is 4.66. The zero-order chi connectivity index (χ0) is 16.4. The average molecular weight is 332 g/mol. The molecule has 1 heterocycles. The number of urea groups is 1. The zero-order valence-electron chi connectivity index (χ0n) is 13.4. The van der Waals surface area contributed by atoms with Crippen molar-refractivity contribution < 1.29 is 9.18 Å². The molecule has 1 aromatic heterocycles. The highest BCUT2D eigenvalue weighted by molar-refractivity contribution is 7.10. The number of hydrogen-bond acceptors (Lipinski definition) is 2. The Morgan fingerprint density at radius 2 is 2.04 bits per heavy atom. The van der Waals surface area contributed by atoms with E-state index in [1.165, 1.54) is 22.1 Å². The Morgan fingerprint density at radius 1 is 1.30 bits per heavy atom. The molecular formula is C18H21FN2OS.